The zero-order valence-electron chi connectivity index (χ0n) is 19.3. The van der Waals surface area contributed by atoms with Gasteiger partial charge in [-0.05, 0) is 56.7 Å². The van der Waals surface area contributed by atoms with Gasteiger partial charge in [0.15, 0.2) is 0 Å². The van der Waals surface area contributed by atoms with Crippen LogP contribution in [0.15, 0.2) is 24.4 Å². The second-order valence-electron chi connectivity index (χ2n) is 9.29. The van der Waals surface area contributed by atoms with E-state index in [9.17, 15) is 9.59 Å². The molecule has 8 heteroatoms. The number of aromatic nitrogens is 1. The average Bonchev–Trinajstić information content (AvgIpc) is 3.25. The standard InChI is InChI=1S/C25H33ClN4O2S/c1-3-19(29-20-13-17(26)14-27-15(20)2)22-10-11-23(33-22)25(32)30-21(12-16-6-4-5-7-16)24(31)28-18-8-9-18/h10-11,13-14,16,18-19,21,29H,3-9,12H2,1-2H3,(H,28,31)(H,30,32). The largest absolute Gasteiger partial charge is 0.376 e. The van der Waals surface area contributed by atoms with Crippen LogP contribution in [0.3, 0.4) is 0 Å². The molecule has 0 spiro atoms. The predicted molar refractivity (Wildman–Crippen MR) is 134 cm³/mol. The summed E-state index contributed by atoms with van der Waals surface area (Å²) in [6.07, 6.45) is 10.0. The summed E-state index contributed by atoms with van der Waals surface area (Å²) in [6, 6.07) is 5.59. The van der Waals surface area contributed by atoms with E-state index < -0.39 is 6.04 Å². The van der Waals surface area contributed by atoms with Crippen molar-refractivity contribution in [2.45, 2.75) is 83.3 Å². The number of anilines is 1. The minimum absolute atomic E-state index is 0.0356. The van der Waals surface area contributed by atoms with E-state index in [1.54, 1.807) is 6.20 Å². The lowest BCUT2D eigenvalue weighted by Gasteiger charge is -2.21. The molecule has 0 saturated heterocycles. The molecule has 4 rings (SSSR count). The third-order valence-electron chi connectivity index (χ3n) is 6.57. The normalized spacial score (nSPS) is 18.0. The molecule has 0 bridgehead atoms. The lowest BCUT2D eigenvalue weighted by atomic mass is 9.97. The molecular formula is C25H33ClN4O2S. The smallest absolute Gasteiger partial charge is 0.262 e. The first-order valence-electron chi connectivity index (χ1n) is 12.0. The SMILES string of the molecule is CCC(Nc1cc(Cl)cnc1C)c1ccc(C(=O)NC(CC2CCCC2)C(=O)NC2CC2)s1. The Kier molecular flexibility index (Phi) is 7.91. The number of nitrogens with one attached hydrogen (secondary N) is 3. The molecule has 3 N–H and O–H groups in total. The number of pyridine rings is 1. The maximum atomic E-state index is 13.1. The number of halogens is 1. The first-order chi connectivity index (χ1) is 15.9. The highest BCUT2D eigenvalue weighted by atomic mass is 35.5. The highest BCUT2D eigenvalue weighted by Crippen LogP contribution is 2.32. The summed E-state index contributed by atoms with van der Waals surface area (Å²) in [5, 5.41) is 10.2. The number of carbonyl (C=O) groups excluding carboxylic acids is 2. The number of hydrogen-bond acceptors (Lipinski definition) is 5. The van der Waals surface area contributed by atoms with Crippen LogP contribution < -0.4 is 16.0 Å². The van der Waals surface area contributed by atoms with Crippen LogP contribution in [0.5, 0.6) is 0 Å². The van der Waals surface area contributed by atoms with Gasteiger partial charge >= 0.3 is 0 Å². The van der Waals surface area contributed by atoms with E-state index in [0.29, 0.717) is 15.8 Å². The molecule has 2 aromatic rings. The zero-order valence-corrected chi connectivity index (χ0v) is 20.9. The minimum atomic E-state index is -0.466. The second kappa shape index (κ2) is 10.9. The van der Waals surface area contributed by atoms with Crippen LogP contribution >= 0.6 is 22.9 Å². The lowest BCUT2D eigenvalue weighted by molar-refractivity contribution is -0.123. The van der Waals surface area contributed by atoms with Crippen LogP contribution in [-0.4, -0.2) is 28.9 Å². The van der Waals surface area contributed by atoms with Crippen LogP contribution in [0.2, 0.25) is 5.02 Å². The summed E-state index contributed by atoms with van der Waals surface area (Å²) in [5.41, 5.74) is 1.77. The van der Waals surface area contributed by atoms with Gasteiger partial charge < -0.3 is 16.0 Å². The van der Waals surface area contributed by atoms with E-state index in [1.165, 1.54) is 24.2 Å². The molecule has 33 heavy (non-hydrogen) atoms. The molecule has 178 valence electrons. The Morgan fingerprint density at radius 2 is 1.97 bits per heavy atom. The molecule has 6 nitrogen and oxygen atoms in total. The summed E-state index contributed by atoms with van der Waals surface area (Å²) < 4.78 is 0. The molecular weight excluding hydrogens is 456 g/mol. The molecule has 2 unspecified atom stereocenters. The van der Waals surface area contributed by atoms with Crippen LogP contribution in [0.4, 0.5) is 5.69 Å². The predicted octanol–water partition coefficient (Wildman–Crippen LogP) is 5.63. The van der Waals surface area contributed by atoms with E-state index in [2.05, 4.69) is 27.9 Å². The van der Waals surface area contributed by atoms with Gasteiger partial charge in [-0.25, -0.2) is 0 Å². The number of carbonyl (C=O) groups is 2. The molecule has 0 aliphatic heterocycles. The van der Waals surface area contributed by atoms with Gasteiger partial charge in [0.05, 0.1) is 27.3 Å². The number of nitrogens with zero attached hydrogens (tertiary/aromatic N) is 1. The third kappa shape index (κ3) is 6.48. The highest BCUT2D eigenvalue weighted by Gasteiger charge is 2.31. The van der Waals surface area contributed by atoms with Crippen molar-refractivity contribution in [2.24, 2.45) is 5.92 Å². The summed E-state index contributed by atoms with van der Waals surface area (Å²) in [7, 11) is 0. The summed E-state index contributed by atoms with van der Waals surface area (Å²) >= 11 is 7.59. The molecule has 2 aromatic heterocycles. The first kappa shape index (κ1) is 24.0. The molecule has 2 atom stereocenters. The summed E-state index contributed by atoms with van der Waals surface area (Å²) in [5.74, 6) is 0.310. The van der Waals surface area contributed by atoms with Crippen LogP contribution in [0.25, 0.3) is 0 Å². The van der Waals surface area contributed by atoms with Crippen molar-refractivity contribution in [2.75, 3.05) is 5.32 Å². The quantitative estimate of drug-likeness (QED) is 0.405. The van der Waals surface area contributed by atoms with E-state index in [4.69, 9.17) is 11.6 Å². The number of rotatable bonds is 10. The maximum Gasteiger partial charge on any atom is 0.262 e. The van der Waals surface area contributed by atoms with Gasteiger partial charge in [-0.1, -0.05) is 44.2 Å². The zero-order chi connectivity index (χ0) is 23.4. The number of thiophene rings is 1. The van der Waals surface area contributed by atoms with Gasteiger partial charge in [0.2, 0.25) is 5.91 Å². The van der Waals surface area contributed by atoms with Crippen molar-refractivity contribution in [3.8, 4) is 0 Å². The molecule has 2 aliphatic rings. The van der Waals surface area contributed by atoms with Crippen molar-refractivity contribution in [3.05, 3.63) is 44.9 Å². The van der Waals surface area contributed by atoms with Crippen molar-refractivity contribution in [1.82, 2.24) is 15.6 Å². The van der Waals surface area contributed by atoms with Crippen LogP contribution in [0.1, 0.15) is 84.6 Å². The first-order valence-corrected chi connectivity index (χ1v) is 13.2. The Balaban J connectivity index is 1.43. The molecule has 0 aromatic carbocycles. The monoisotopic (exact) mass is 488 g/mol. The number of amides is 2. The molecule has 2 saturated carbocycles. The lowest BCUT2D eigenvalue weighted by Crippen LogP contribution is -2.48. The van der Waals surface area contributed by atoms with E-state index in [1.807, 2.05) is 25.1 Å². The van der Waals surface area contributed by atoms with Gasteiger partial charge in [0.25, 0.3) is 5.91 Å². The van der Waals surface area contributed by atoms with E-state index >= 15 is 0 Å². The Labute approximate surface area is 204 Å². The molecule has 0 radical (unpaired) electrons. The molecule has 2 amide bonds. The third-order valence-corrected chi connectivity index (χ3v) is 7.98. The summed E-state index contributed by atoms with van der Waals surface area (Å²) in [4.78, 5) is 31.9. The van der Waals surface area contributed by atoms with Gasteiger partial charge in [-0.3, -0.25) is 14.6 Å². The molecule has 2 aliphatic carbocycles. The second-order valence-corrected chi connectivity index (χ2v) is 10.8. The maximum absolute atomic E-state index is 13.1. The van der Waals surface area contributed by atoms with E-state index in [-0.39, 0.29) is 23.9 Å². The van der Waals surface area contributed by atoms with Gasteiger partial charge in [0.1, 0.15) is 6.04 Å². The number of hydrogen-bond donors (Lipinski definition) is 3. The highest BCUT2D eigenvalue weighted by molar-refractivity contribution is 7.14. The van der Waals surface area contributed by atoms with Crippen molar-refractivity contribution in [1.29, 1.82) is 0 Å². The Morgan fingerprint density at radius 1 is 1.21 bits per heavy atom. The van der Waals surface area contributed by atoms with Crippen LogP contribution in [-0.2, 0) is 4.79 Å². The Hall–Kier alpha value is -2.12. The van der Waals surface area contributed by atoms with Crippen molar-refractivity contribution in [3.63, 3.8) is 0 Å². The molecule has 2 heterocycles. The fourth-order valence-electron chi connectivity index (χ4n) is 4.45. The Bertz CT molecular complexity index is 985. The fraction of sp³-hybridized carbons (Fsp3) is 0.560. The summed E-state index contributed by atoms with van der Waals surface area (Å²) in [6.45, 7) is 4.04. The van der Waals surface area contributed by atoms with Gasteiger partial charge in [0, 0.05) is 17.1 Å². The average molecular weight is 489 g/mol. The minimum Gasteiger partial charge on any atom is -0.376 e. The molecule has 2 fully saturated rings. The van der Waals surface area contributed by atoms with Crippen molar-refractivity contribution >= 4 is 40.4 Å². The topological polar surface area (TPSA) is 83.1 Å². The van der Waals surface area contributed by atoms with Gasteiger partial charge in [-0.15, -0.1) is 11.3 Å². The van der Waals surface area contributed by atoms with Crippen LogP contribution in [0, 0.1) is 12.8 Å². The van der Waals surface area contributed by atoms with Crippen molar-refractivity contribution < 1.29 is 9.59 Å². The van der Waals surface area contributed by atoms with Gasteiger partial charge in [-0.2, -0.15) is 0 Å². The Morgan fingerprint density at radius 3 is 2.67 bits per heavy atom. The van der Waals surface area contributed by atoms with E-state index in [0.717, 1.165) is 54.8 Å². The fourth-order valence-corrected chi connectivity index (χ4v) is 5.65. The number of aryl methyl sites for hydroxylation is 1.